The Hall–Kier alpha value is -5.05. The minimum atomic E-state index is -0.954. The summed E-state index contributed by atoms with van der Waals surface area (Å²) in [6, 6.07) is 9.02. The van der Waals surface area contributed by atoms with Gasteiger partial charge in [-0.1, -0.05) is 33.6 Å². The van der Waals surface area contributed by atoms with Crippen molar-refractivity contribution in [3.63, 3.8) is 0 Å². The van der Waals surface area contributed by atoms with Gasteiger partial charge in [-0.2, -0.15) is 0 Å². The summed E-state index contributed by atoms with van der Waals surface area (Å²) in [5.74, 6) is 4.04. The van der Waals surface area contributed by atoms with E-state index in [0.717, 1.165) is 45.6 Å². The van der Waals surface area contributed by atoms with E-state index in [9.17, 15) is 19.2 Å². The van der Waals surface area contributed by atoms with Crippen LogP contribution >= 0.6 is 0 Å². The van der Waals surface area contributed by atoms with Crippen LogP contribution in [-0.4, -0.2) is 152 Å². The van der Waals surface area contributed by atoms with E-state index in [-0.39, 0.29) is 55.5 Å². The molecule has 16 nitrogen and oxygen atoms in total. The van der Waals surface area contributed by atoms with Gasteiger partial charge in [-0.25, -0.2) is 5.43 Å². The summed E-state index contributed by atoms with van der Waals surface area (Å²) in [5, 5.41) is 5.75. The molecule has 2 N–H and O–H groups in total. The van der Waals surface area contributed by atoms with Gasteiger partial charge in [0.2, 0.25) is 5.91 Å². The molecule has 1 aromatic carbocycles. The number of methoxy groups -OCH3 is 1. The largest absolute Gasteiger partial charge is 0.464 e. The lowest BCUT2D eigenvalue weighted by Crippen LogP contribution is -2.61. The van der Waals surface area contributed by atoms with Crippen molar-refractivity contribution < 1.29 is 38.1 Å². The maximum atomic E-state index is 14.7. The average molecular weight is 967 g/mol. The standard InChI is InChI=1S/C54H78N8O8/c1-12-61-46-18-17-37-29-41(46)42(49(61)40-15-13-23-55-48(40)36(4)67-11)31-53(5,6)34-70-52(66)44-16-14-24-62(57-44)51(65)45(30-39-32-60(37)27-28-68-39)56-50(64)43(35(2)3)33-69-38-20-25-59(26-21-38)47(63)19-22-54(7,8)58(9)10/h13,15,17-18,23,29,35-36,38-39,43-45,57H,12,14,16,20-21,24-28,30-34H2,1-11H3,(H,56,64)/t36-,39-,43?,44-,45-/m0/s1. The lowest BCUT2D eigenvalue weighted by atomic mass is 9.84. The number of fused-ring (bicyclic) bond motifs is 6. The van der Waals surface area contributed by atoms with Crippen molar-refractivity contribution in [2.75, 3.05) is 78.6 Å². The quantitative estimate of drug-likeness (QED) is 0.177. The molecule has 6 bridgehead atoms. The molecule has 3 aromatic rings. The summed E-state index contributed by atoms with van der Waals surface area (Å²) in [6.07, 6.45) is 4.23. The van der Waals surface area contributed by atoms with Gasteiger partial charge in [-0.05, 0) is 122 Å². The third-order valence-corrected chi connectivity index (χ3v) is 14.9. The van der Waals surface area contributed by atoms with Crippen molar-refractivity contribution in [1.82, 2.24) is 35.1 Å². The number of morpholine rings is 1. The molecular weight excluding hydrogens is 889 g/mol. The zero-order valence-corrected chi connectivity index (χ0v) is 43.6. The van der Waals surface area contributed by atoms with Crippen molar-refractivity contribution >= 4 is 40.3 Å². The fourth-order valence-electron chi connectivity index (χ4n) is 9.97. The number of aryl methyl sites for hydroxylation is 1. The minimum Gasteiger partial charge on any atom is -0.464 e. The Kier molecular flexibility index (Phi) is 17.0. The number of piperidine rings is 1. The molecule has 3 saturated heterocycles. The number of benzene rings is 1. The van der Waals surface area contributed by atoms with Gasteiger partial charge >= 0.3 is 5.97 Å². The Morgan fingerprint density at radius 2 is 1.83 bits per heavy atom. The maximum absolute atomic E-state index is 14.7. The SMILES string of the molecule is CCn1c(-c2cccnc2[C@H](C)OC)c2c3cc(ccc31)N1CCO[C@@H](C[C@H](NC(=O)C(COC3CCN(C(=O)C#CC(C)(C)N(C)C)CC3)C(C)C)C(=O)N3CCC[C@H](N3)C(=O)OCC(C)(C)C2)C1. The van der Waals surface area contributed by atoms with Crippen molar-refractivity contribution in [1.29, 1.82) is 0 Å². The van der Waals surface area contributed by atoms with Crippen molar-refractivity contribution in [3.05, 3.63) is 47.8 Å². The Morgan fingerprint density at radius 3 is 2.53 bits per heavy atom. The van der Waals surface area contributed by atoms with Crippen LogP contribution < -0.4 is 15.6 Å². The van der Waals surface area contributed by atoms with E-state index >= 15 is 0 Å². The van der Waals surface area contributed by atoms with E-state index in [4.69, 9.17) is 23.9 Å². The molecular formula is C54H78N8O8. The van der Waals surface area contributed by atoms with Crippen LogP contribution in [0.4, 0.5) is 5.69 Å². The van der Waals surface area contributed by atoms with Gasteiger partial charge in [0.25, 0.3) is 11.8 Å². The second kappa shape index (κ2) is 22.6. The minimum absolute atomic E-state index is 0.0970. The number of nitrogens with one attached hydrogen (secondary N) is 2. The molecule has 0 aliphatic carbocycles. The van der Waals surface area contributed by atoms with Crippen LogP contribution in [0.5, 0.6) is 0 Å². The van der Waals surface area contributed by atoms with E-state index in [0.29, 0.717) is 71.4 Å². The van der Waals surface area contributed by atoms with Crippen LogP contribution in [0.15, 0.2) is 36.5 Å². The molecule has 1 unspecified atom stereocenters. The normalized spacial score (nSPS) is 22.6. The predicted molar refractivity (Wildman–Crippen MR) is 271 cm³/mol. The van der Waals surface area contributed by atoms with Gasteiger partial charge in [-0.15, -0.1) is 0 Å². The summed E-state index contributed by atoms with van der Waals surface area (Å²) in [6.45, 7) is 20.4. The molecule has 6 heterocycles. The highest BCUT2D eigenvalue weighted by molar-refractivity contribution is 5.95. The molecule has 3 fully saturated rings. The number of esters is 1. The second-order valence-corrected chi connectivity index (χ2v) is 21.5. The first-order valence-electron chi connectivity index (χ1n) is 25.5. The van der Waals surface area contributed by atoms with Crippen molar-refractivity contribution in [2.24, 2.45) is 17.3 Å². The van der Waals surface area contributed by atoms with E-state index in [1.807, 2.05) is 65.9 Å². The van der Waals surface area contributed by atoms with Gasteiger partial charge in [0, 0.05) is 86.6 Å². The van der Waals surface area contributed by atoms with E-state index in [2.05, 4.69) is 77.1 Å². The number of aromatic nitrogens is 2. The van der Waals surface area contributed by atoms with Gasteiger partial charge in [0.15, 0.2) is 0 Å². The Morgan fingerprint density at radius 1 is 1.07 bits per heavy atom. The number of nitrogens with zero attached hydrogens (tertiary/aromatic N) is 6. The number of hydrazine groups is 1. The predicted octanol–water partition coefficient (Wildman–Crippen LogP) is 5.76. The van der Waals surface area contributed by atoms with Gasteiger partial charge in [-0.3, -0.25) is 34.1 Å². The van der Waals surface area contributed by atoms with Gasteiger partial charge < -0.3 is 38.6 Å². The van der Waals surface area contributed by atoms with Crippen LogP contribution in [0, 0.1) is 29.1 Å². The highest BCUT2D eigenvalue weighted by Gasteiger charge is 2.39. The molecule has 5 atom stereocenters. The highest BCUT2D eigenvalue weighted by atomic mass is 16.5. The van der Waals surface area contributed by atoms with Crippen LogP contribution in [0.25, 0.3) is 22.2 Å². The third-order valence-electron chi connectivity index (χ3n) is 14.9. The summed E-state index contributed by atoms with van der Waals surface area (Å²) >= 11 is 0. The molecule has 7 rings (SSSR count). The Balaban J connectivity index is 1.15. The first kappa shape index (κ1) is 52.8. The molecule has 2 aromatic heterocycles. The number of ether oxygens (including phenoxy) is 4. The molecule has 4 aliphatic heterocycles. The highest BCUT2D eigenvalue weighted by Crippen LogP contribution is 2.42. The van der Waals surface area contributed by atoms with Gasteiger partial charge in [0.05, 0.1) is 61.0 Å². The number of carbonyl (C=O) groups excluding carboxylic acids is 4. The molecule has 0 radical (unpaired) electrons. The average Bonchev–Trinajstić information content (AvgIpc) is 3.65. The number of hydrogen-bond acceptors (Lipinski definition) is 12. The topological polar surface area (TPSA) is 160 Å². The molecule has 0 saturated carbocycles. The van der Waals surface area contributed by atoms with E-state index < -0.39 is 41.0 Å². The smallest absolute Gasteiger partial charge is 0.324 e. The monoisotopic (exact) mass is 967 g/mol. The first-order valence-corrected chi connectivity index (χ1v) is 25.5. The van der Waals surface area contributed by atoms with E-state index in [1.165, 1.54) is 5.01 Å². The molecule has 3 amide bonds. The fraction of sp³-hybridized carbons (Fsp3) is 0.648. The van der Waals surface area contributed by atoms with Crippen LogP contribution in [0.2, 0.25) is 0 Å². The first-order chi connectivity index (χ1) is 33.3. The summed E-state index contributed by atoms with van der Waals surface area (Å²) in [7, 11) is 5.58. The zero-order valence-electron chi connectivity index (χ0n) is 43.6. The summed E-state index contributed by atoms with van der Waals surface area (Å²) in [4.78, 5) is 67.0. The molecule has 16 heteroatoms. The van der Waals surface area contributed by atoms with Crippen LogP contribution in [0.3, 0.4) is 0 Å². The number of likely N-dealkylation sites (tertiary alicyclic amines) is 1. The van der Waals surface area contributed by atoms with Crippen LogP contribution in [-0.2, 0) is 51.1 Å². The van der Waals surface area contributed by atoms with Crippen molar-refractivity contribution in [3.8, 4) is 23.1 Å². The number of carbonyl (C=O) groups is 4. The Labute approximate surface area is 415 Å². The van der Waals surface area contributed by atoms with Gasteiger partial charge in [0.1, 0.15) is 12.1 Å². The lowest BCUT2D eigenvalue weighted by molar-refractivity contribution is -0.156. The molecule has 4 aliphatic rings. The molecule has 70 heavy (non-hydrogen) atoms. The maximum Gasteiger partial charge on any atom is 0.324 e. The zero-order chi connectivity index (χ0) is 50.5. The number of pyridine rings is 1. The lowest BCUT2D eigenvalue weighted by Gasteiger charge is -2.39. The summed E-state index contributed by atoms with van der Waals surface area (Å²) in [5.41, 5.74) is 8.50. The molecule has 382 valence electrons. The molecule has 0 spiro atoms. The van der Waals surface area contributed by atoms with Crippen molar-refractivity contribution in [2.45, 2.75) is 136 Å². The number of cyclic esters (lactones) is 1. The second-order valence-electron chi connectivity index (χ2n) is 21.5. The van der Waals surface area contributed by atoms with E-state index in [1.54, 1.807) is 12.0 Å². The van der Waals surface area contributed by atoms with Crippen LogP contribution in [0.1, 0.15) is 105 Å². The Bertz CT molecular complexity index is 2410. The number of rotatable bonds is 11. The third kappa shape index (κ3) is 12.2. The number of hydrogen-bond donors (Lipinski definition) is 2. The number of anilines is 1. The number of amides is 3. The summed E-state index contributed by atoms with van der Waals surface area (Å²) < 4.78 is 27.2. The fourth-order valence-corrected chi connectivity index (χ4v) is 9.97.